The van der Waals surface area contributed by atoms with Crippen LogP contribution in [0.3, 0.4) is 0 Å². The zero-order valence-electron chi connectivity index (χ0n) is 12.8. The number of nitrogens with one attached hydrogen (secondary N) is 2. The fourth-order valence-electron chi connectivity index (χ4n) is 1.73. The van der Waals surface area contributed by atoms with E-state index in [1.807, 2.05) is 0 Å². The number of hydrogen-bond donors (Lipinski definition) is 2. The van der Waals surface area contributed by atoms with Crippen LogP contribution in [0.4, 0.5) is 4.39 Å². The van der Waals surface area contributed by atoms with Crippen LogP contribution in [0.25, 0.3) is 0 Å². The maximum atomic E-state index is 12.9. The molecule has 0 unspecified atom stereocenters. The Morgan fingerprint density at radius 2 is 2.08 bits per heavy atom. The Labute approximate surface area is 142 Å². The topological polar surface area (TPSA) is 108 Å². The maximum Gasteiger partial charge on any atom is 0.243 e. The van der Waals surface area contributed by atoms with E-state index < -0.39 is 21.7 Å². The van der Waals surface area contributed by atoms with Crippen molar-refractivity contribution >= 4 is 27.7 Å². The number of halogens is 1. The zero-order valence-corrected chi connectivity index (χ0v) is 14.4. The summed E-state index contributed by atoms with van der Waals surface area (Å²) in [4.78, 5) is 15.7. The minimum absolute atomic E-state index is 0.0694. The second-order valence-corrected chi connectivity index (χ2v) is 7.83. The summed E-state index contributed by atoms with van der Waals surface area (Å²) in [5.41, 5.74) is 0. The van der Waals surface area contributed by atoms with Gasteiger partial charge in [-0.2, -0.15) is 9.40 Å². The molecular weight excluding hydrogens is 357 g/mol. The van der Waals surface area contributed by atoms with Gasteiger partial charge in [-0.15, -0.1) is 0 Å². The van der Waals surface area contributed by atoms with Gasteiger partial charge in [0.25, 0.3) is 0 Å². The molecule has 2 aromatic rings. The lowest BCUT2D eigenvalue weighted by Gasteiger charge is -2.16. The number of H-pyrrole nitrogens is 1. The Morgan fingerprint density at radius 3 is 2.71 bits per heavy atom. The van der Waals surface area contributed by atoms with Crippen LogP contribution in [0.15, 0.2) is 40.6 Å². The number of aromatic nitrogens is 3. The van der Waals surface area contributed by atoms with Gasteiger partial charge < -0.3 is 5.32 Å². The molecule has 1 aromatic carbocycles. The van der Waals surface area contributed by atoms with E-state index in [0.29, 0.717) is 17.5 Å². The van der Waals surface area contributed by atoms with Crippen molar-refractivity contribution in [1.29, 1.82) is 0 Å². The van der Waals surface area contributed by atoms with Crippen molar-refractivity contribution in [3.8, 4) is 0 Å². The molecule has 11 heteroatoms. The summed E-state index contributed by atoms with van der Waals surface area (Å²) in [6, 6.07) is 4.43. The monoisotopic (exact) mass is 373 g/mol. The molecule has 0 aliphatic carbocycles. The number of hydrogen-bond acceptors (Lipinski definition) is 6. The van der Waals surface area contributed by atoms with Crippen LogP contribution < -0.4 is 5.32 Å². The summed E-state index contributed by atoms with van der Waals surface area (Å²) in [6.07, 6.45) is 1.39. The SMILES string of the molecule is CN(CC(=O)NCCSc1ncn[nH]1)S(=O)(=O)c1ccc(F)cc1. The van der Waals surface area contributed by atoms with Crippen LogP contribution >= 0.6 is 11.8 Å². The Bertz CT molecular complexity index is 765. The highest BCUT2D eigenvalue weighted by atomic mass is 32.2. The molecule has 1 amide bonds. The number of rotatable bonds is 8. The lowest BCUT2D eigenvalue weighted by molar-refractivity contribution is -0.121. The highest BCUT2D eigenvalue weighted by molar-refractivity contribution is 7.99. The molecule has 0 bridgehead atoms. The molecular formula is C13H16FN5O3S2. The summed E-state index contributed by atoms with van der Waals surface area (Å²) in [7, 11) is -2.55. The van der Waals surface area contributed by atoms with Gasteiger partial charge in [0.2, 0.25) is 15.9 Å². The van der Waals surface area contributed by atoms with E-state index in [4.69, 9.17) is 0 Å². The molecule has 24 heavy (non-hydrogen) atoms. The van der Waals surface area contributed by atoms with Crippen LogP contribution in [-0.2, 0) is 14.8 Å². The quantitative estimate of drug-likeness (QED) is 0.514. The number of carbonyl (C=O) groups is 1. The Balaban J connectivity index is 1.80. The lowest BCUT2D eigenvalue weighted by Crippen LogP contribution is -2.39. The predicted molar refractivity (Wildman–Crippen MR) is 86.3 cm³/mol. The standard InChI is InChI=1S/C13H16FN5O3S2/c1-19(24(21,22)11-4-2-10(14)3-5-11)8-12(20)15-6-7-23-13-16-9-17-18-13/h2-5,9H,6-8H2,1H3,(H,15,20)(H,16,17,18). The molecule has 0 atom stereocenters. The van der Waals surface area contributed by atoms with E-state index in [1.165, 1.54) is 25.1 Å². The fraction of sp³-hybridized carbons (Fsp3) is 0.308. The molecule has 1 aromatic heterocycles. The van der Waals surface area contributed by atoms with Gasteiger partial charge in [0, 0.05) is 19.3 Å². The summed E-state index contributed by atoms with van der Waals surface area (Å²) in [5.74, 6) is -0.394. The first-order valence-electron chi connectivity index (χ1n) is 6.86. The normalized spacial score (nSPS) is 11.6. The fourth-order valence-corrected chi connectivity index (χ4v) is 3.50. The molecule has 0 aliphatic rings. The first kappa shape index (κ1) is 18.4. The Morgan fingerprint density at radius 1 is 1.38 bits per heavy atom. The van der Waals surface area contributed by atoms with Gasteiger partial charge in [-0.25, -0.2) is 17.8 Å². The second-order valence-electron chi connectivity index (χ2n) is 4.70. The molecule has 0 radical (unpaired) electrons. The number of sulfonamides is 1. The van der Waals surface area contributed by atoms with Crippen molar-refractivity contribution in [3.05, 3.63) is 36.4 Å². The van der Waals surface area contributed by atoms with Crippen molar-refractivity contribution < 1.29 is 17.6 Å². The third-order valence-corrected chi connectivity index (χ3v) is 5.64. The van der Waals surface area contributed by atoms with Crippen LogP contribution in [0.5, 0.6) is 0 Å². The first-order chi connectivity index (χ1) is 11.4. The van der Waals surface area contributed by atoms with E-state index in [-0.39, 0.29) is 11.4 Å². The number of carbonyl (C=O) groups excluding carboxylic acids is 1. The largest absolute Gasteiger partial charge is 0.354 e. The van der Waals surface area contributed by atoms with Crippen LogP contribution in [0.1, 0.15) is 0 Å². The second kappa shape index (κ2) is 8.22. The zero-order chi connectivity index (χ0) is 17.6. The minimum Gasteiger partial charge on any atom is -0.354 e. The van der Waals surface area contributed by atoms with E-state index in [2.05, 4.69) is 20.5 Å². The van der Waals surface area contributed by atoms with Crippen molar-refractivity contribution in [2.24, 2.45) is 0 Å². The molecule has 0 saturated carbocycles. The third-order valence-electron chi connectivity index (χ3n) is 2.94. The molecule has 130 valence electrons. The van der Waals surface area contributed by atoms with E-state index in [1.54, 1.807) is 0 Å². The van der Waals surface area contributed by atoms with Crippen molar-refractivity contribution in [2.75, 3.05) is 25.9 Å². The van der Waals surface area contributed by atoms with Gasteiger partial charge in [-0.1, -0.05) is 11.8 Å². The molecule has 1 heterocycles. The molecule has 2 N–H and O–H groups in total. The number of benzene rings is 1. The summed E-state index contributed by atoms with van der Waals surface area (Å²) in [6.45, 7) is 0.0291. The number of thioether (sulfide) groups is 1. The highest BCUT2D eigenvalue weighted by Gasteiger charge is 2.22. The van der Waals surface area contributed by atoms with E-state index >= 15 is 0 Å². The van der Waals surface area contributed by atoms with Gasteiger partial charge in [0.15, 0.2) is 5.16 Å². The Kier molecular flexibility index (Phi) is 6.29. The van der Waals surface area contributed by atoms with Gasteiger partial charge in [-0.3, -0.25) is 9.89 Å². The molecule has 0 fully saturated rings. The van der Waals surface area contributed by atoms with Crippen LogP contribution in [-0.4, -0.2) is 59.7 Å². The lowest BCUT2D eigenvalue weighted by atomic mass is 10.4. The van der Waals surface area contributed by atoms with Crippen molar-refractivity contribution in [2.45, 2.75) is 10.1 Å². The van der Waals surface area contributed by atoms with Gasteiger partial charge in [-0.05, 0) is 24.3 Å². The highest BCUT2D eigenvalue weighted by Crippen LogP contribution is 2.14. The first-order valence-corrected chi connectivity index (χ1v) is 9.29. The average Bonchev–Trinajstić information content (AvgIpc) is 3.05. The van der Waals surface area contributed by atoms with E-state index in [9.17, 15) is 17.6 Å². The number of aromatic amines is 1. The predicted octanol–water partition coefficient (Wildman–Crippen LogP) is 0.473. The smallest absolute Gasteiger partial charge is 0.243 e. The minimum atomic E-state index is -3.84. The average molecular weight is 373 g/mol. The van der Waals surface area contributed by atoms with Gasteiger partial charge in [0.1, 0.15) is 12.1 Å². The summed E-state index contributed by atoms with van der Waals surface area (Å²) >= 11 is 1.38. The third kappa shape index (κ3) is 5.01. The number of likely N-dealkylation sites (N-methyl/N-ethyl adjacent to an activating group) is 1. The summed E-state index contributed by atoms with van der Waals surface area (Å²) < 4.78 is 38.3. The molecule has 0 saturated heterocycles. The van der Waals surface area contributed by atoms with Gasteiger partial charge in [0.05, 0.1) is 11.4 Å². The molecule has 0 spiro atoms. The van der Waals surface area contributed by atoms with Gasteiger partial charge >= 0.3 is 0 Å². The number of nitrogens with zero attached hydrogens (tertiary/aromatic N) is 3. The summed E-state index contributed by atoms with van der Waals surface area (Å²) in [5, 5.41) is 9.63. The molecule has 8 nitrogen and oxygen atoms in total. The van der Waals surface area contributed by atoms with Crippen molar-refractivity contribution in [1.82, 2.24) is 24.8 Å². The van der Waals surface area contributed by atoms with Crippen molar-refractivity contribution in [3.63, 3.8) is 0 Å². The van der Waals surface area contributed by atoms with E-state index in [0.717, 1.165) is 28.6 Å². The van der Waals surface area contributed by atoms with Crippen LogP contribution in [0.2, 0.25) is 0 Å². The Hall–Kier alpha value is -1.98. The maximum absolute atomic E-state index is 12.9. The molecule has 0 aliphatic heterocycles. The molecule has 2 rings (SSSR count). The van der Waals surface area contributed by atoms with Crippen LogP contribution in [0, 0.1) is 5.82 Å². The number of amides is 1.